The Morgan fingerprint density at radius 2 is 1.97 bits per heavy atom. The summed E-state index contributed by atoms with van der Waals surface area (Å²) in [7, 11) is 0. The molecule has 0 aliphatic heterocycles. The minimum Gasteiger partial charge on any atom is -0.494 e. The molecule has 30 heavy (non-hydrogen) atoms. The van der Waals surface area contributed by atoms with E-state index in [0.717, 1.165) is 17.0 Å². The van der Waals surface area contributed by atoms with Crippen LogP contribution in [0.5, 0.6) is 5.75 Å². The first-order valence-electron chi connectivity index (χ1n) is 9.46. The van der Waals surface area contributed by atoms with Gasteiger partial charge in [0.1, 0.15) is 5.75 Å². The minimum atomic E-state index is -0.0935. The second kappa shape index (κ2) is 8.89. The summed E-state index contributed by atoms with van der Waals surface area (Å²) >= 11 is 7.71. The van der Waals surface area contributed by atoms with Gasteiger partial charge in [0.2, 0.25) is 5.89 Å². The van der Waals surface area contributed by atoms with E-state index in [1.54, 1.807) is 6.92 Å². The molecule has 1 atom stereocenters. The van der Waals surface area contributed by atoms with Crippen LogP contribution in [-0.2, 0) is 0 Å². The Hall–Kier alpha value is -2.84. The highest BCUT2D eigenvalue weighted by atomic mass is 35.5. The largest absolute Gasteiger partial charge is 0.494 e. The predicted octanol–water partition coefficient (Wildman–Crippen LogP) is 5.53. The average Bonchev–Trinajstić information content (AvgIpc) is 3.35. The van der Waals surface area contributed by atoms with E-state index < -0.39 is 0 Å². The molecule has 0 bridgehead atoms. The monoisotopic (exact) mass is 441 g/mol. The maximum atomic E-state index is 6.22. The van der Waals surface area contributed by atoms with Crippen LogP contribution in [0.4, 0.5) is 0 Å². The Kier molecular flexibility index (Phi) is 6.06. The van der Waals surface area contributed by atoms with Gasteiger partial charge in [-0.2, -0.15) is 4.98 Å². The number of benzene rings is 2. The standard InChI is InChI=1S/C21H20ClN5O2S/c1-4-28-18-10-8-17(9-11-18)27-19(15-6-5-7-16(22)12-15)24-25-21(27)30-13(2)20-23-14(3)26-29-20/h5-13H,4H2,1-3H3. The molecule has 4 aromatic rings. The third kappa shape index (κ3) is 4.34. The van der Waals surface area contributed by atoms with E-state index in [1.165, 1.54) is 11.8 Å². The molecule has 0 aliphatic rings. The lowest BCUT2D eigenvalue weighted by Gasteiger charge is -2.13. The van der Waals surface area contributed by atoms with E-state index in [0.29, 0.717) is 34.3 Å². The SMILES string of the molecule is CCOc1ccc(-n2c(SC(C)c3nc(C)no3)nnc2-c2cccc(Cl)c2)cc1. The minimum absolute atomic E-state index is 0.0935. The van der Waals surface area contributed by atoms with Gasteiger partial charge in [-0.15, -0.1) is 10.2 Å². The second-order valence-electron chi connectivity index (χ2n) is 6.52. The summed E-state index contributed by atoms with van der Waals surface area (Å²) in [6, 6.07) is 15.4. The van der Waals surface area contributed by atoms with Crippen LogP contribution in [0.1, 0.15) is 30.8 Å². The lowest BCUT2D eigenvalue weighted by atomic mass is 10.2. The number of ether oxygens (including phenoxy) is 1. The van der Waals surface area contributed by atoms with Crippen LogP contribution in [-0.4, -0.2) is 31.5 Å². The summed E-state index contributed by atoms with van der Waals surface area (Å²) in [5, 5.41) is 14.0. The van der Waals surface area contributed by atoms with Crippen LogP contribution in [0.15, 0.2) is 58.2 Å². The van der Waals surface area contributed by atoms with Crippen molar-refractivity contribution in [2.24, 2.45) is 0 Å². The zero-order chi connectivity index (χ0) is 21.1. The third-order valence-corrected chi connectivity index (χ3v) is 5.56. The number of thioether (sulfide) groups is 1. The molecule has 1 unspecified atom stereocenters. The van der Waals surface area contributed by atoms with Gasteiger partial charge in [-0.1, -0.05) is 40.7 Å². The number of aryl methyl sites for hydroxylation is 1. The Morgan fingerprint density at radius 3 is 2.63 bits per heavy atom. The van der Waals surface area contributed by atoms with Crippen molar-refractivity contribution >= 4 is 23.4 Å². The van der Waals surface area contributed by atoms with Gasteiger partial charge in [0, 0.05) is 16.3 Å². The van der Waals surface area contributed by atoms with Gasteiger partial charge >= 0.3 is 0 Å². The zero-order valence-corrected chi connectivity index (χ0v) is 18.3. The van der Waals surface area contributed by atoms with Gasteiger partial charge in [-0.25, -0.2) is 0 Å². The summed E-state index contributed by atoms with van der Waals surface area (Å²) in [5.74, 6) is 2.65. The van der Waals surface area contributed by atoms with Crippen molar-refractivity contribution in [1.82, 2.24) is 24.9 Å². The molecule has 4 rings (SSSR count). The van der Waals surface area contributed by atoms with Crippen molar-refractivity contribution in [3.8, 4) is 22.8 Å². The summed E-state index contributed by atoms with van der Waals surface area (Å²) < 4.78 is 12.9. The van der Waals surface area contributed by atoms with Crippen molar-refractivity contribution in [3.05, 3.63) is 65.3 Å². The molecule has 7 nitrogen and oxygen atoms in total. The van der Waals surface area contributed by atoms with E-state index in [9.17, 15) is 0 Å². The Labute approximate surface area is 183 Å². The maximum Gasteiger partial charge on any atom is 0.239 e. The first-order valence-corrected chi connectivity index (χ1v) is 10.7. The first kappa shape index (κ1) is 20.4. The second-order valence-corrected chi connectivity index (χ2v) is 8.26. The summed E-state index contributed by atoms with van der Waals surface area (Å²) in [6.07, 6.45) is 0. The highest BCUT2D eigenvalue weighted by Gasteiger charge is 2.22. The Balaban J connectivity index is 1.76. The summed E-state index contributed by atoms with van der Waals surface area (Å²) in [6.45, 7) is 6.36. The lowest BCUT2D eigenvalue weighted by molar-refractivity contribution is 0.340. The molecule has 0 N–H and O–H groups in total. The first-order chi connectivity index (χ1) is 14.5. The van der Waals surface area contributed by atoms with Crippen molar-refractivity contribution in [2.45, 2.75) is 31.2 Å². The van der Waals surface area contributed by atoms with Crippen molar-refractivity contribution < 1.29 is 9.26 Å². The predicted molar refractivity (Wildman–Crippen MR) is 116 cm³/mol. The topological polar surface area (TPSA) is 78.9 Å². The van der Waals surface area contributed by atoms with Crippen LogP contribution in [0, 0.1) is 6.92 Å². The van der Waals surface area contributed by atoms with E-state index in [1.807, 2.05) is 66.9 Å². The molecule has 9 heteroatoms. The average molecular weight is 442 g/mol. The van der Waals surface area contributed by atoms with Crippen molar-refractivity contribution in [3.63, 3.8) is 0 Å². The van der Waals surface area contributed by atoms with Crippen LogP contribution in [0.2, 0.25) is 5.02 Å². The van der Waals surface area contributed by atoms with E-state index >= 15 is 0 Å². The molecule has 2 aromatic heterocycles. The molecule has 154 valence electrons. The van der Waals surface area contributed by atoms with E-state index in [4.69, 9.17) is 20.9 Å². The normalized spacial score (nSPS) is 12.1. The van der Waals surface area contributed by atoms with Crippen LogP contribution < -0.4 is 4.74 Å². The quantitative estimate of drug-likeness (QED) is 0.349. The van der Waals surface area contributed by atoms with Gasteiger partial charge in [0.05, 0.1) is 11.9 Å². The summed E-state index contributed by atoms with van der Waals surface area (Å²) in [4.78, 5) is 4.33. The Morgan fingerprint density at radius 1 is 1.17 bits per heavy atom. The van der Waals surface area contributed by atoms with Gasteiger partial charge in [-0.05, 0) is 57.2 Å². The van der Waals surface area contributed by atoms with Gasteiger partial charge in [0.25, 0.3) is 0 Å². The molecule has 2 heterocycles. The summed E-state index contributed by atoms with van der Waals surface area (Å²) in [5.41, 5.74) is 1.78. The van der Waals surface area contributed by atoms with E-state index in [-0.39, 0.29) is 5.25 Å². The van der Waals surface area contributed by atoms with E-state index in [2.05, 4.69) is 20.3 Å². The van der Waals surface area contributed by atoms with Crippen LogP contribution in [0.25, 0.3) is 17.1 Å². The fourth-order valence-electron chi connectivity index (χ4n) is 2.94. The number of hydrogen-bond acceptors (Lipinski definition) is 7. The van der Waals surface area contributed by atoms with Gasteiger partial charge in [-0.3, -0.25) is 4.57 Å². The molecule has 0 amide bonds. The highest BCUT2D eigenvalue weighted by Crippen LogP contribution is 2.36. The molecule has 0 fully saturated rings. The molecule has 0 spiro atoms. The number of halogens is 1. The number of rotatable bonds is 7. The number of nitrogens with zero attached hydrogens (tertiary/aromatic N) is 5. The number of hydrogen-bond donors (Lipinski definition) is 0. The fourth-order valence-corrected chi connectivity index (χ4v) is 4.03. The van der Waals surface area contributed by atoms with Gasteiger partial charge in [0.15, 0.2) is 16.8 Å². The highest BCUT2D eigenvalue weighted by molar-refractivity contribution is 7.99. The number of aromatic nitrogens is 5. The zero-order valence-electron chi connectivity index (χ0n) is 16.7. The third-order valence-electron chi connectivity index (χ3n) is 4.30. The van der Waals surface area contributed by atoms with Gasteiger partial charge < -0.3 is 9.26 Å². The maximum absolute atomic E-state index is 6.22. The van der Waals surface area contributed by atoms with Crippen molar-refractivity contribution in [2.75, 3.05) is 6.61 Å². The molecule has 2 aromatic carbocycles. The smallest absolute Gasteiger partial charge is 0.239 e. The fraction of sp³-hybridized carbons (Fsp3) is 0.238. The molecular weight excluding hydrogens is 422 g/mol. The van der Waals surface area contributed by atoms with Crippen LogP contribution >= 0.6 is 23.4 Å². The molecule has 0 aliphatic carbocycles. The van der Waals surface area contributed by atoms with Crippen molar-refractivity contribution in [1.29, 1.82) is 0 Å². The molecule has 0 saturated heterocycles. The lowest BCUT2D eigenvalue weighted by Crippen LogP contribution is -2.01. The molecule has 0 radical (unpaired) electrons. The van der Waals surface area contributed by atoms with Crippen LogP contribution in [0.3, 0.4) is 0 Å². The Bertz CT molecular complexity index is 1140. The molecule has 0 saturated carbocycles. The molecular formula is C21H20ClN5O2S.